The summed E-state index contributed by atoms with van der Waals surface area (Å²) in [6.07, 6.45) is 5.26. The number of carbonyl (C=O) groups is 1. The molecule has 1 aliphatic carbocycles. The molecule has 1 aliphatic rings. The lowest BCUT2D eigenvalue weighted by molar-refractivity contribution is -0.125. The van der Waals surface area contributed by atoms with Gasteiger partial charge in [-0.25, -0.2) is 0 Å². The molecule has 1 aromatic carbocycles. The molecule has 1 amide bonds. The predicted octanol–water partition coefficient (Wildman–Crippen LogP) is 2.95. The SMILES string of the molecule is CCC(C)[C@H](N)C(=O)NC1(c2ccccc2)CCCC1. The fraction of sp³-hybridized carbons (Fsp3) is 0.588. The van der Waals surface area contributed by atoms with Crippen molar-refractivity contribution in [3.63, 3.8) is 0 Å². The first-order chi connectivity index (χ1) is 9.59. The number of hydrogen-bond donors (Lipinski definition) is 2. The normalized spacial score (nSPS) is 20.4. The number of nitrogens with two attached hydrogens (primary N) is 1. The van der Waals surface area contributed by atoms with Crippen molar-refractivity contribution < 1.29 is 4.79 Å². The van der Waals surface area contributed by atoms with Gasteiger partial charge in [-0.05, 0) is 24.3 Å². The van der Waals surface area contributed by atoms with Crippen molar-refractivity contribution in [1.82, 2.24) is 5.32 Å². The lowest BCUT2D eigenvalue weighted by Gasteiger charge is -2.33. The van der Waals surface area contributed by atoms with Gasteiger partial charge in [0.05, 0.1) is 11.6 Å². The van der Waals surface area contributed by atoms with Gasteiger partial charge in [-0.3, -0.25) is 4.79 Å². The number of hydrogen-bond acceptors (Lipinski definition) is 2. The molecule has 0 heterocycles. The van der Waals surface area contributed by atoms with E-state index in [1.165, 1.54) is 5.56 Å². The van der Waals surface area contributed by atoms with E-state index in [9.17, 15) is 4.79 Å². The molecule has 3 N–H and O–H groups in total. The second-order valence-corrected chi connectivity index (χ2v) is 6.06. The van der Waals surface area contributed by atoms with Crippen LogP contribution in [0.4, 0.5) is 0 Å². The van der Waals surface area contributed by atoms with Gasteiger partial charge >= 0.3 is 0 Å². The molecule has 110 valence electrons. The number of carbonyl (C=O) groups excluding carboxylic acids is 1. The highest BCUT2D eigenvalue weighted by atomic mass is 16.2. The lowest BCUT2D eigenvalue weighted by atomic mass is 9.87. The Morgan fingerprint density at radius 1 is 1.30 bits per heavy atom. The van der Waals surface area contributed by atoms with Gasteiger partial charge < -0.3 is 11.1 Å². The summed E-state index contributed by atoms with van der Waals surface area (Å²) in [4.78, 5) is 12.4. The molecule has 1 saturated carbocycles. The molecule has 0 spiro atoms. The third-order valence-electron chi connectivity index (χ3n) is 4.71. The van der Waals surface area contributed by atoms with Gasteiger partial charge in [0.25, 0.3) is 0 Å². The molecule has 1 unspecified atom stereocenters. The molecule has 3 nitrogen and oxygen atoms in total. The van der Waals surface area contributed by atoms with Crippen molar-refractivity contribution in [3.8, 4) is 0 Å². The molecule has 0 bridgehead atoms. The van der Waals surface area contributed by atoms with E-state index in [-0.39, 0.29) is 17.4 Å². The van der Waals surface area contributed by atoms with E-state index < -0.39 is 6.04 Å². The molecular formula is C17H26N2O. The van der Waals surface area contributed by atoms with Gasteiger partial charge in [0, 0.05) is 0 Å². The molecule has 0 radical (unpaired) electrons. The summed E-state index contributed by atoms with van der Waals surface area (Å²) in [5.41, 5.74) is 7.08. The molecule has 1 aromatic rings. The van der Waals surface area contributed by atoms with Crippen molar-refractivity contribution in [2.24, 2.45) is 11.7 Å². The van der Waals surface area contributed by atoms with E-state index in [0.717, 1.165) is 32.1 Å². The van der Waals surface area contributed by atoms with E-state index in [1.807, 2.05) is 25.1 Å². The van der Waals surface area contributed by atoms with Crippen LogP contribution in [0.25, 0.3) is 0 Å². The van der Waals surface area contributed by atoms with Crippen LogP contribution in [0.15, 0.2) is 30.3 Å². The van der Waals surface area contributed by atoms with Crippen molar-refractivity contribution in [2.45, 2.75) is 57.5 Å². The first-order valence-corrected chi connectivity index (χ1v) is 7.72. The average Bonchev–Trinajstić information content (AvgIpc) is 2.96. The fourth-order valence-electron chi connectivity index (χ4n) is 3.05. The lowest BCUT2D eigenvalue weighted by Crippen LogP contribution is -2.52. The number of benzene rings is 1. The topological polar surface area (TPSA) is 55.1 Å². The first-order valence-electron chi connectivity index (χ1n) is 7.72. The van der Waals surface area contributed by atoms with E-state index >= 15 is 0 Å². The monoisotopic (exact) mass is 274 g/mol. The van der Waals surface area contributed by atoms with E-state index in [2.05, 4.69) is 24.4 Å². The van der Waals surface area contributed by atoms with Crippen LogP contribution in [0, 0.1) is 5.92 Å². The zero-order valence-corrected chi connectivity index (χ0v) is 12.6. The maximum atomic E-state index is 12.4. The van der Waals surface area contributed by atoms with Crippen LogP contribution in [-0.4, -0.2) is 11.9 Å². The van der Waals surface area contributed by atoms with E-state index in [4.69, 9.17) is 5.73 Å². The molecular weight excluding hydrogens is 248 g/mol. The Morgan fingerprint density at radius 2 is 1.90 bits per heavy atom. The molecule has 20 heavy (non-hydrogen) atoms. The van der Waals surface area contributed by atoms with Crippen LogP contribution in [0.2, 0.25) is 0 Å². The van der Waals surface area contributed by atoms with Crippen LogP contribution in [0.3, 0.4) is 0 Å². The third kappa shape index (κ3) is 3.04. The van der Waals surface area contributed by atoms with Crippen molar-refractivity contribution in [3.05, 3.63) is 35.9 Å². The summed E-state index contributed by atoms with van der Waals surface area (Å²) in [5, 5.41) is 3.26. The summed E-state index contributed by atoms with van der Waals surface area (Å²) in [7, 11) is 0. The van der Waals surface area contributed by atoms with Crippen LogP contribution in [0.1, 0.15) is 51.5 Å². The van der Waals surface area contributed by atoms with Gasteiger partial charge in [0.15, 0.2) is 0 Å². The summed E-state index contributed by atoms with van der Waals surface area (Å²) in [6, 6.07) is 9.90. The smallest absolute Gasteiger partial charge is 0.237 e. The van der Waals surface area contributed by atoms with Gasteiger partial charge in [0.2, 0.25) is 5.91 Å². The molecule has 2 rings (SSSR count). The van der Waals surface area contributed by atoms with Crippen molar-refractivity contribution >= 4 is 5.91 Å². The highest BCUT2D eigenvalue weighted by Gasteiger charge is 2.38. The number of amides is 1. The first kappa shape index (κ1) is 15.0. The zero-order chi connectivity index (χ0) is 14.6. The standard InChI is InChI=1S/C17H26N2O/c1-3-13(2)15(18)16(20)19-17(11-7-8-12-17)14-9-5-4-6-10-14/h4-6,9-10,13,15H,3,7-8,11-12,18H2,1-2H3,(H,19,20)/t13?,15-/m0/s1. The Kier molecular flexibility index (Phi) is 4.81. The molecule has 1 fully saturated rings. The van der Waals surface area contributed by atoms with Gasteiger partial charge in [-0.1, -0.05) is 63.4 Å². The van der Waals surface area contributed by atoms with Crippen LogP contribution < -0.4 is 11.1 Å². The Balaban J connectivity index is 2.16. The van der Waals surface area contributed by atoms with Crippen LogP contribution in [0.5, 0.6) is 0 Å². The summed E-state index contributed by atoms with van der Waals surface area (Å²) in [6.45, 7) is 4.11. The quantitative estimate of drug-likeness (QED) is 0.867. The molecule has 0 aliphatic heterocycles. The second-order valence-electron chi connectivity index (χ2n) is 6.06. The Bertz CT molecular complexity index is 438. The van der Waals surface area contributed by atoms with Crippen LogP contribution >= 0.6 is 0 Å². The molecule has 2 atom stereocenters. The van der Waals surface area contributed by atoms with E-state index in [0.29, 0.717) is 0 Å². The predicted molar refractivity (Wildman–Crippen MR) is 82.2 cm³/mol. The Hall–Kier alpha value is -1.35. The minimum absolute atomic E-state index is 0.00916. The zero-order valence-electron chi connectivity index (χ0n) is 12.6. The fourth-order valence-corrected chi connectivity index (χ4v) is 3.05. The highest BCUT2D eigenvalue weighted by molar-refractivity contribution is 5.82. The largest absolute Gasteiger partial charge is 0.345 e. The molecule has 0 aromatic heterocycles. The maximum absolute atomic E-state index is 12.4. The minimum atomic E-state index is -0.416. The summed E-state index contributed by atoms with van der Waals surface area (Å²) < 4.78 is 0. The Labute approximate surface area is 121 Å². The maximum Gasteiger partial charge on any atom is 0.237 e. The highest BCUT2D eigenvalue weighted by Crippen LogP contribution is 2.38. The average molecular weight is 274 g/mol. The van der Waals surface area contributed by atoms with Crippen molar-refractivity contribution in [1.29, 1.82) is 0 Å². The minimum Gasteiger partial charge on any atom is -0.345 e. The van der Waals surface area contributed by atoms with Gasteiger partial charge in [-0.2, -0.15) is 0 Å². The molecule has 0 saturated heterocycles. The van der Waals surface area contributed by atoms with E-state index in [1.54, 1.807) is 0 Å². The second kappa shape index (κ2) is 6.40. The molecule has 3 heteroatoms. The summed E-state index contributed by atoms with van der Waals surface area (Å²) in [5.74, 6) is 0.203. The Morgan fingerprint density at radius 3 is 2.45 bits per heavy atom. The number of rotatable bonds is 5. The number of nitrogens with one attached hydrogen (secondary N) is 1. The third-order valence-corrected chi connectivity index (χ3v) is 4.71. The van der Waals surface area contributed by atoms with Gasteiger partial charge in [0.1, 0.15) is 0 Å². The van der Waals surface area contributed by atoms with Crippen molar-refractivity contribution in [2.75, 3.05) is 0 Å². The van der Waals surface area contributed by atoms with Crippen LogP contribution in [-0.2, 0) is 10.3 Å². The van der Waals surface area contributed by atoms with Gasteiger partial charge in [-0.15, -0.1) is 0 Å². The summed E-state index contributed by atoms with van der Waals surface area (Å²) >= 11 is 0.